The first kappa shape index (κ1) is 14.2. The number of nitrogens with zero attached hydrogens (tertiary/aromatic N) is 2. The van der Waals surface area contributed by atoms with Gasteiger partial charge in [-0.1, -0.05) is 31.2 Å². The van der Waals surface area contributed by atoms with Gasteiger partial charge in [-0.3, -0.25) is 0 Å². The number of fused-ring (bicyclic) bond motifs is 1. The Morgan fingerprint density at radius 1 is 1.24 bits per heavy atom. The zero-order valence-corrected chi connectivity index (χ0v) is 13.1. The molecule has 1 heterocycles. The summed E-state index contributed by atoms with van der Waals surface area (Å²) in [5, 5.41) is 3.43. The minimum Gasteiger partial charge on any atom is -0.310 e. The summed E-state index contributed by atoms with van der Waals surface area (Å²) in [5.41, 5.74) is 5.21. The molecule has 0 fully saturated rings. The molecule has 0 spiro atoms. The molecule has 3 rings (SSSR count). The number of nitrogens with one attached hydrogen (secondary N) is 1. The Kier molecular flexibility index (Phi) is 4.02. The largest absolute Gasteiger partial charge is 0.310 e. The van der Waals surface area contributed by atoms with E-state index in [1.165, 1.54) is 16.7 Å². The van der Waals surface area contributed by atoms with Crippen LogP contribution in [0, 0.1) is 6.92 Å². The number of rotatable bonds is 4. The third-order valence-electron chi connectivity index (χ3n) is 4.43. The van der Waals surface area contributed by atoms with Crippen LogP contribution in [0.5, 0.6) is 0 Å². The monoisotopic (exact) mass is 281 g/mol. The lowest BCUT2D eigenvalue weighted by Gasteiger charge is -2.16. The first-order valence-corrected chi connectivity index (χ1v) is 7.82. The Hall–Kier alpha value is -1.74. The van der Waals surface area contributed by atoms with Gasteiger partial charge in [-0.05, 0) is 44.4 Å². The van der Waals surface area contributed by atoms with Crippen LogP contribution < -0.4 is 5.32 Å². The third kappa shape index (κ3) is 2.84. The molecule has 0 saturated carbocycles. The highest BCUT2D eigenvalue weighted by molar-refractivity contribution is 5.35. The number of aryl methyl sites for hydroxylation is 1. The zero-order valence-electron chi connectivity index (χ0n) is 13.1. The van der Waals surface area contributed by atoms with E-state index in [0.717, 1.165) is 30.9 Å². The van der Waals surface area contributed by atoms with Crippen LogP contribution in [0.2, 0.25) is 0 Å². The Morgan fingerprint density at radius 3 is 2.48 bits per heavy atom. The van der Waals surface area contributed by atoms with Gasteiger partial charge < -0.3 is 5.32 Å². The van der Waals surface area contributed by atoms with E-state index in [2.05, 4.69) is 55.3 Å². The standard InChI is InChI=1S/C18H23N3/c1-4-19-12(2)17-11-20-18(21-13(17)3)16-9-14-7-5-6-8-15(14)10-16/h5-8,11-12,16,19H,4,9-10H2,1-3H3. The minimum absolute atomic E-state index is 0.310. The molecular weight excluding hydrogens is 258 g/mol. The van der Waals surface area contributed by atoms with Crippen molar-refractivity contribution in [3.05, 3.63) is 58.7 Å². The van der Waals surface area contributed by atoms with Crippen molar-refractivity contribution in [2.24, 2.45) is 0 Å². The van der Waals surface area contributed by atoms with Crippen molar-refractivity contribution in [2.45, 2.75) is 45.6 Å². The van der Waals surface area contributed by atoms with Crippen molar-refractivity contribution < 1.29 is 0 Å². The maximum absolute atomic E-state index is 4.79. The maximum Gasteiger partial charge on any atom is 0.132 e. The summed E-state index contributed by atoms with van der Waals surface area (Å²) in [6.45, 7) is 7.34. The van der Waals surface area contributed by atoms with E-state index >= 15 is 0 Å². The topological polar surface area (TPSA) is 37.8 Å². The average Bonchev–Trinajstić information content (AvgIpc) is 2.91. The summed E-state index contributed by atoms with van der Waals surface area (Å²) in [6, 6.07) is 9.00. The third-order valence-corrected chi connectivity index (χ3v) is 4.43. The van der Waals surface area contributed by atoms with Gasteiger partial charge in [0.05, 0.1) is 0 Å². The first-order valence-electron chi connectivity index (χ1n) is 7.82. The highest BCUT2D eigenvalue weighted by Crippen LogP contribution is 2.32. The van der Waals surface area contributed by atoms with Crippen molar-refractivity contribution in [3.63, 3.8) is 0 Å². The smallest absolute Gasteiger partial charge is 0.132 e. The lowest BCUT2D eigenvalue weighted by atomic mass is 10.0. The van der Waals surface area contributed by atoms with Gasteiger partial charge in [-0.25, -0.2) is 9.97 Å². The SMILES string of the molecule is CCNC(C)c1cnc(C2Cc3ccccc3C2)nc1C. The van der Waals surface area contributed by atoms with Crippen molar-refractivity contribution in [1.29, 1.82) is 0 Å². The van der Waals surface area contributed by atoms with Gasteiger partial charge in [0.25, 0.3) is 0 Å². The molecule has 0 amide bonds. The van der Waals surface area contributed by atoms with E-state index in [9.17, 15) is 0 Å². The normalized spacial score (nSPS) is 16.0. The van der Waals surface area contributed by atoms with Gasteiger partial charge in [-0.2, -0.15) is 0 Å². The summed E-state index contributed by atoms with van der Waals surface area (Å²) in [5.74, 6) is 1.43. The minimum atomic E-state index is 0.310. The second kappa shape index (κ2) is 5.94. The molecule has 1 aromatic carbocycles. The van der Waals surface area contributed by atoms with E-state index in [0.29, 0.717) is 12.0 Å². The van der Waals surface area contributed by atoms with E-state index in [-0.39, 0.29) is 0 Å². The van der Waals surface area contributed by atoms with Crippen LogP contribution in [0.15, 0.2) is 30.5 Å². The molecule has 21 heavy (non-hydrogen) atoms. The molecule has 0 bridgehead atoms. The summed E-state index contributed by atoms with van der Waals surface area (Å²) < 4.78 is 0. The number of hydrogen-bond donors (Lipinski definition) is 1. The number of aromatic nitrogens is 2. The van der Waals surface area contributed by atoms with Crippen LogP contribution in [0.25, 0.3) is 0 Å². The van der Waals surface area contributed by atoms with Crippen LogP contribution in [-0.4, -0.2) is 16.5 Å². The molecule has 0 saturated heterocycles. The average molecular weight is 281 g/mol. The van der Waals surface area contributed by atoms with Crippen molar-refractivity contribution in [1.82, 2.24) is 15.3 Å². The second-order valence-electron chi connectivity index (χ2n) is 5.92. The Labute approximate surface area is 126 Å². The molecular formula is C18H23N3. The molecule has 2 aromatic rings. The van der Waals surface area contributed by atoms with Crippen molar-refractivity contribution >= 4 is 0 Å². The fraction of sp³-hybridized carbons (Fsp3) is 0.444. The van der Waals surface area contributed by atoms with E-state index in [1.807, 2.05) is 6.20 Å². The quantitative estimate of drug-likeness (QED) is 0.934. The molecule has 1 atom stereocenters. The van der Waals surface area contributed by atoms with Gasteiger partial charge in [0, 0.05) is 29.4 Å². The van der Waals surface area contributed by atoms with Gasteiger partial charge in [0.1, 0.15) is 5.82 Å². The molecule has 0 aliphatic heterocycles. The molecule has 1 aliphatic carbocycles. The molecule has 110 valence electrons. The van der Waals surface area contributed by atoms with Crippen LogP contribution in [0.4, 0.5) is 0 Å². The molecule has 3 nitrogen and oxygen atoms in total. The Bertz CT molecular complexity index is 611. The van der Waals surface area contributed by atoms with Crippen LogP contribution in [0.3, 0.4) is 0 Å². The second-order valence-corrected chi connectivity index (χ2v) is 5.92. The summed E-state index contributed by atoms with van der Waals surface area (Å²) in [7, 11) is 0. The molecule has 0 radical (unpaired) electrons. The van der Waals surface area contributed by atoms with Gasteiger partial charge in [0.15, 0.2) is 0 Å². The highest BCUT2D eigenvalue weighted by atomic mass is 14.9. The summed E-state index contributed by atoms with van der Waals surface area (Å²) in [4.78, 5) is 9.45. The summed E-state index contributed by atoms with van der Waals surface area (Å²) in [6.07, 6.45) is 4.14. The predicted molar refractivity (Wildman–Crippen MR) is 85.5 cm³/mol. The van der Waals surface area contributed by atoms with E-state index in [4.69, 9.17) is 4.98 Å². The van der Waals surface area contributed by atoms with Crippen LogP contribution >= 0.6 is 0 Å². The Balaban J connectivity index is 1.81. The maximum atomic E-state index is 4.79. The zero-order chi connectivity index (χ0) is 14.8. The highest BCUT2D eigenvalue weighted by Gasteiger charge is 2.25. The summed E-state index contributed by atoms with van der Waals surface area (Å²) >= 11 is 0. The van der Waals surface area contributed by atoms with Gasteiger partial charge in [-0.15, -0.1) is 0 Å². The van der Waals surface area contributed by atoms with E-state index in [1.54, 1.807) is 0 Å². The van der Waals surface area contributed by atoms with Crippen LogP contribution in [0.1, 0.15) is 54.0 Å². The molecule has 1 unspecified atom stereocenters. The predicted octanol–water partition coefficient (Wildman–Crippen LogP) is 3.34. The fourth-order valence-corrected chi connectivity index (χ4v) is 3.27. The fourth-order valence-electron chi connectivity index (χ4n) is 3.27. The van der Waals surface area contributed by atoms with Crippen molar-refractivity contribution in [2.75, 3.05) is 6.54 Å². The van der Waals surface area contributed by atoms with Gasteiger partial charge >= 0.3 is 0 Å². The van der Waals surface area contributed by atoms with Crippen LogP contribution in [-0.2, 0) is 12.8 Å². The first-order chi connectivity index (χ1) is 10.2. The van der Waals surface area contributed by atoms with E-state index < -0.39 is 0 Å². The van der Waals surface area contributed by atoms with Gasteiger partial charge in [0.2, 0.25) is 0 Å². The number of benzene rings is 1. The Morgan fingerprint density at radius 2 is 1.90 bits per heavy atom. The molecule has 1 aliphatic rings. The molecule has 1 aromatic heterocycles. The molecule has 1 N–H and O–H groups in total. The lowest BCUT2D eigenvalue weighted by molar-refractivity contribution is 0.583. The van der Waals surface area contributed by atoms with Crippen molar-refractivity contribution in [3.8, 4) is 0 Å². The lowest BCUT2D eigenvalue weighted by Crippen LogP contribution is -2.20. The number of hydrogen-bond acceptors (Lipinski definition) is 3. The molecule has 3 heteroatoms.